The van der Waals surface area contributed by atoms with Crippen LogP contribution in [-0.4, -0.2) is 15.0 Å². The Morgan fingerprint density at radius 1 is 1.36 bits per heavy atom. The van der Waals surface area contributed by atoms with E-state index < -0.39 is 4.93 Å². The molecule has 2 rings (SSSR count). The molecule has 2 aromatic rings. The van der Waals surface area contributed by atoms with Gasteiger partial charge in [-0.15, -0.1) is 11.3 Å². The van der Waals surface area contributed by atoms with Gasteiger partial charge in [-0.3, -0.25) is 0 Å². The normalized spacial score (nSPS) is 12.2. The van der Waals surface area contributed by atoms with Crippen molar-refractivity contribution in [2.45, 2.75) is 23.1 Å². The molecule has 0 bridgehead atoms. The lowest BCUT2D eigenvalue weighted by atomic mass is 10.3. The molecule has 0 amide bonds. The van der Waals surface area contributed by atoms with Crippen molar-refractivity contribution < 1.29 is 5.11 Å². The number of hydrogen-bond donors (Lipinski definition) is 1. The molecule has 0 atom stereocenters. The quantitative estimate of drug-likeness (QED) is 0.629. The fraction of sp³-hybridized carbons (Fsp3) is 0.300. The van der Waals surface area contributed by atoms with Gasteiger partial charge in [0.2, 0.25) is 0 Å². The Balaban J connectivity index is 2.36. The highest BCUT2D eigenvalue weighted by Gasteiger charge is 2.17. The lowest BCUT2D eigenvalue weighted by Crippen LogP contribution is -2.11. The van der Waals surface area contributed by atoms with Crippen molar-refractivity contribution in [3.63, 3.8) is 0 Å². The average Bonchev–Trinajstić information content (AvgIpc) is 2.42. The summed E-state index contributed by atoms with van der Waals surface area (Å²) in [7, 11) is 0. The minimum absolute atomic E-state index is 0.756. The second-order valence-corrected chi connectivity index (χ2v) is 6.38. The van der Waals surface area contributed by atoms with Gasteiger partial charge in [-0.05, 0) is 26.0 Å². The number of para-hydroxylation sites is 1. The Kier molecular flexibility index (Phi) is 2.51. The second-order valence-electron chi connectivity index (χ2n) is 3.50. The molecule has 14 heavy (non-hydrogen) atoms. The largest absolute Gasteiger partial charge is 0.380 e. The van der Waals surface area contributed by atoms with Crippen molar-refractivity contribution in [3.8, 4) is 0 Å². The number of aliphatic hydroxyl groups is 1. The molecule has 0 unspecified atom stereocenters. The van der Waals surface area contributed by atoms with E-state index in [1.54, 1.807) is 25.2 Å². The SMILES string of the molecule is CC(C)(O)Sc1nc2ccccc2s1. The van der Waals surface area contributed by atoms with Crippen molar-refractivity contribution in [1.29, 1.82) is 0 Å². The zero-order chi connectivity index (χ0) is 10.2. The highest BCUT2D eigenvalue weighted by Crippen LogP contribution is 2.35. The lowest BCUT2D eigenvalue weighted by molar-refractivity contribution is 0.179. The minimum Gasteiger partial charge on any atom is -0.380 e. The Hall–Kier alpha value is -0.580. The molecule has 0 aliphatic carbocycles. The van der Waals surface area contributed by atoms with Gasteiger partial charge < -0.3 is 5.11 Å². The molecular formula is C10H11NOS2. The van der Waals surface area contributed by atoms with Crippen molar-refractivity contribution >= 4 is 33.3 Å². The first kappa shape index (κ1) is 9.96. The number of thioether (sulfide) groups is 1. The van der Waals surface area contributed by atoms with Crippen LogP contribution in [0.5, 0.6) is 0 Å². The van der Waals surface area contributed by atoms with Crippen LogP contribution in [0.15, 0.2) is 28.6 Å². The first-order valence-electron chi connectivity index (χ1n) is 4.31. The third-order valence-corrected chi connectivity index (χ3v) is 3.71. The van der Waals surface area contributed by atoms with Gasteiger partial charge in [-0.1, -0.05) is 23.9 Å². The molecule has 4 heteroatoms. The first-order valence-corrected chi connectivity index (χ1v) is 5.95. The smallest absolute Gasteiger partial charge is 0.153 e. The molecule has 2 nitrogen and oxygen atoms in total. The van der Waals surface area contributed by atoms with Crippen LogP contribution in [0.2, 0.25) is 0 Å². The number of thiazole rings is 1. The van der Waals surface area contributed by atoms with Crippen LogP contribution in [0.1, 0.15) is 13.8 Å². The number of benzene rings is 1. The molecule has 1 heterocycles. The summed E-state index contributed by atoms with van der Waals surface area (Å²) < 4.78 is 2.08. The Morgan fingerprint density at radius 2 is 2.07 bits per heavy atom. The van der Waals surface area contributed by atoms with Crippen molar-refractivity contribution in [2.75, 3.05) is 0 Å². The van der Waals surface area contributed by atoms with E-state index in [4.69, 9.17) is 0 Å². The molecule has 0 spiro atoms. The molecule has 0 fully saturated rings. The van der Waals surface area contributed by atoms with Crippen LogP contribution in [0.25, 0.3) is 10.2 Å². The summed E-state index contributed by atoms with van der Waals surface area (Å²) in [5.74, 6) is 0. The predicted molar refractivity (Wildman–Crippen MR) is 61.8 cm³/mol. The third kappa shape index (κ3) is 2.26. The molecule has 1 aromatic carbocycles. The monoisotopic (exact) mass is 225 g/mol. The fourth-order valence-corrected chi connectivity index (χ4v) is 3.42. The molecule has 1 aromatic heterocycles. The minimum atomic E-state index is -0.756. The molecule has 0 aliphatic rings. The molecule has 0 saturated heterocycles. The molecule has 1 N–H and O–H groups in total. The zero-order valence-corrected chi connectivity index (χ0v) is 9.65. The van der Waals surface area contributed by atoms with Crippen LogP contribution in [0, 0.1) is 0 Å². The Labute approximate surface area is 91.0 Å². The van der Waals surface area contributed by atoms with Crippen LogP contribution < -0.4 is 0 Å². The maximum absolute atomic E-state index is 9.63. The number of aromatic nitrogens is 1. The number of rotatable bonds is 2. The van der Waals surface area contributed by atoms with Crippen molar-refractivity contribution in [2.24, 2.45) is 0 Å². The molecular weight excluding hydrogens is 214 g/mol. The second kappa shape index (κ2) is 3.53. The fourth-order valence-electron chi connectivity index (χ4n) is 1.11. The lowest BCUT2D eigenvalue weighted by Gasteiger charge is -2.13. The van der Waals surface area contributed by atoms with Gasteiger partial charge in [0.25, 0.3) is 0 Å². The van der Waals surface area contributed by atoms with Gasteiger partial charge in [-0.25, -0.2) is 4.98 Å². The average molecular weight is 225 g/mol. The van der Waals surface area contributed by atoms with E-state index in [9.17, 15) is 5.11 Å². The van der Waals surface area contributed by atoms with E-state index in [1.807, 2.05) is 24.3 Å². The van der Waals surface area contributed by atoms with Crippen LogP contribution >= 0.6 is 23.1 Å². The molecule has 74 valence electrons. The summed E-state index contributed by atoms with van der Waals surface area (Å²) in [6, 6.07) is 8.00. The van der Waals surface area contributed by atoms with Gasteiger partial charge in [0.1, 0.15) is 4.93 Å². The summed E-state index contributed by atoms with van der Waals surface area (Å²) in [6.45, 7) is 3.54. The predicted octanol–water partition coefficient (Wildman–Crippen LogP) is 3.12. The van der Waals surface area contributed by atoms with Crippen molar-refractivity contribution in [1.82, 2.24) is 4.98 Å². The van der Waals surface area contributed by atoms with E-state index in [2.05, 4.69) is 4.98 Å². The third-order valence-electron chi connectivity index (χ3n) is 1.61. The standard InChI is InChI=1S/C10H11NOS2/c1-10(2,12)14-9-11-7-5-3-4-6-8(7)13-9/h3-6,12H,1-2H3. The molecule has 0 aliphatic heterocycles. The van der Waals surface area contributed by atoms with E-state index in [-0.39, 0.29) is 0 Å². The van der Waals surface area contributed by atoms with E-state index >= 15 is 0 Å². The maximum atomic E-state index is 9.63. The van der Waals surface area contributed by atoms with Crippen LogP contribution in [0.3, 0.4) is 0 Å². The van der Waals surface area contributed by atoms with Gasteiger partial charge in [-0.2, -0.15) is 0 Å². The van der Waals surface area contributed by atoms with Gasteiger partial charge in [0, 0.05) is 0 Å². The van der Waals surface area contributed by atoms with Gasteiger partial charge >= 0.3 is 0 Å². The highest BCUT2D eigenvalue weighted by molar-refractivity contribution is 8.02. The summed E-state index contributed by atoms with van der Waals surface area (Å²) in [5, 5.41) is 9.63. The zero-order valence-electron chi connectivity index (χ0n) is 8.02. The number of nitrogens with zero attached hydrogens (tertiary/aromatic N) is 1. The molecule has 0 radical (unpaired) electrons. The van der Waals surface area contributed by atoms with Crippen LogP contribution in [0.4, 0.5) is 0 Å². The topological polar surface area (TPSA) is 33.1 Å². The Bertz CT molecular complexity index is 412. The summed E-state index contributed by atoms with van der Waals surface area (Å²) in [4.78, 5) is 3.66. The van der Waals surface area contributed by atoms with E-state index in [0.717, 1.165) is 9.86 Å². The highest BCUT2D eigenvalue weighted by atomic mass is 32.2. The van der Waals surface area contributed by atoms with E-state index in [1.165, 1.54) is 16.5 Å². The summed E-state index contributed by atoms with van der Waals surface area (Å²) in [5.41, 5.74) is 1.00. The summed E-state index contributed by atoms with van der Waals surface area (Å²) in [6.07, 6.45) is 0. The summed E-state index contributed by atoms with van der Waals surface area (Å²) >= 11 is 3.01. The van der Waals surface area contributed by atoms with Gasteiger partial charge in [0.15, 0.2) is 4.34 Å². The number of fused-ring (bicyclic) bond motifs is 1. The molecule has 0 saturated carbocycles. The first-order chi connectivity index (χ1) is 6.54. The maximum Gasteiger partial charge on any atom is 0.153 e. The van der Waals surface area contributed by atoms with Crippen molar-refractivity contribution in [3.05, 3.63) is 24.3 Å². The number of hydrogen-bond acceptors (Lipinski definition) is 4. The Morgan fingerprint density at radius 3 is 2.71 bits per heavy atom. The van der Waals surface area contributed by atoms with Crippen LogP contribution in [-0.2, 0) is 0 Å². The van der Waals surface area contributed by atoms with Gasteiger partial charge in [0.05, 0.1) is 10.2 Å². The van der Waals surface area contributed by atoms with E-state index in [0.29, 0.717) is 0 Å².